The maximum absolute atomic E-state index is 5.90. The second-order valence-corrected chi connectivity index (χ2v) is 3.63. The van der Waals surface area contributed by atoms with E-state index in [2.05, 4.69) is 6.92 Å². The van der Waals surface area contributed by atoms with Crippen LogP contribution in [0, 0.1) is 0 Å². The number of nitrogens with two attached hydrogens (primary N) is 1. The van der Waals surface area contributed by atoms with Crippen molar-refractivity contribution in [3.05, 3.63) is 17.2 Å². The molecule has 0 fully saturated rings. The van der Waals surface area contributed by atoms with Gasteiger partial charge in [0.1, 0.15) is 11.5 Å². The van der Waals surface area contributed by atoms with Crippen LogP contribution in [0.5, 0.6) is 11.5 Å². The number of ether oxygens (including phenoxy) is 2. The number of halogens is 1. The molecule has 1 rings (SSSR count). The fourth-order valence-corrected chi connectivity index (χ4v) is 1.41. The Labute approximate surface area is 95.1 Å². The molecule has 0 spiro atoms. The molecule has 84 valence electrons. The fraction of sp³-hybridized carbons (Fsp3) is 0.455. The number of hydrogen-bond donors (Lipinski definition) is 1. The molecule has 1 aromatic rings. The van der Waals surface area contributed by atoms with E-state index in [9.17, 15) is 0 Å². The molecule has 0 saturated carbocycles. The highest BCUT2D eigenvalue weighted by molar-refractivity contribution is 6.32. The highest BCUT2D eigenvalue weighted by atomic mass is 35.5. The van der Waals surface area contributed by atoms with Crippen LogP contribution in [-0.4, -0.2) is 13.7 Å². The first-order valence-corrected chi connectivity index (χ1v) is 5.32. The van der Waals surface area contributed by atoms with Crippen LogP contribution < -0.4 is 15.2 Å². The van der Waals surface area contributed by atoms with Gasteiger partial charge in [-0.25, -0.2) is 0 Å². The van der Waals surface area contributed by atoms with E-state index in [-0.39, 0.29) is 0 Å². The Bertz CT molecular complexity index is 329. The number of benzene rings is 1. The van der Waals surface area contributed by atoms with E-state index in [0.29, 0.717) is 28.8 Å². The average molecular weight is 230 g/mol. The first-order chi connectivity index (χ1) is 7.19. The molecule has 0 heterocycles. The molecular weight excluding hydrogens is 214 g/mol. The quantitative estimate of drug-likeness (QED) is 0.623. The number of nitrogen functional groups attached to an aromatic ring is 1. The lowest BCUT2D eigenvalue weighted by Gasteiger charge is -2.11. The summed E-state index contributed by atoms with van der Waals surface area (Å²) in [7, 11) is 1.56. The first kappa shape index (κ1) is 12.0. The van der Waals surface area contributed by atoms with E-state index >= 15 is 0 Å². The molecule has 0 aliphatic rings. The van der Waals surface area contributed by atoms with Crippen molar-refractivity contribution < 1.29 is 9.47 Å². The van der Waals surface area contributed by atoms with E-state index in [1.807, 2.05) is 0 Å². The van der Waals surface area contributed by atoms with Gasteiger partial charge in [-0.15, -0.1) is 0 Å². The molecule has 0 saturated heterocycles. The Morgan fingerprint density at radius 3 is 2.67 bits per heavy atom. The zero-order valence-electron chi connectivity index (χ0n) is 9.05. The summed E-state index contributed by atoms with van der Waals surface area (Å²) in [5.74, 6) is 1.21. The molecule has 2 N–H and O–H groups in total. The predicted octanol–water partition coefficient (Wildman–Crippen LogP) is 3.11. The third-order valence-corrected chi connectivity index (χ3v) is 2.34. The van der Waals surface area contributed by atoms with Gasteiger partial charge in [0.15, 0.2) is 0 Å². The van der Waals surface area contributed by atoms with Crippen LogP contribution in [0.25, 0.3) is 0 Å². The third-order valence-electron chi connectivity index (χ3n) is 2.04. The van der Waals surface area contributed by atoms with Crippen LogP contribution in [-0.2, 0) is 0 Å². The molecule has 0 radical (unpaired) electrons. The maximum atomic E-state index is 5.90. The van der Waals surface area contributed by atoms with Crippen LogP contribution in [0.3, 0.4) is 0 Å². The SMILES string of the molecule is CCCCOc1cc(OC)c(Cl)cc1N. The molecule has 1 aromatic carbocycles. The second-order valence-electron chi connectivity index (χ2n) is 3.23. The fourth-order valence-electron chi connectivity index (χ4n) is 1.16. The van der Waals surface area contributed by atoms with Crippen molar-refractivity contribution in [1.82, 2.24) is 0 Å². The van der Waals surface area contributed by atoms with Crippen molar-refractivity contribution in [1.29, 1.82) is 0 Å². The van der Waals surface area contributed by atoms with Crippen molar-refractivity contribution in [2.45, 2.75) is 19.8 Å². The minimum absolute atomic E-state index is 0.498. The molecule has 0 aromatic heterocycles. The van der Waals surface area contributed by atoms with Crippen LogP contribution in [0.4, 0.5) is 5.69 Å². The highest BCUT2D eigenvalue weighted by Crippen LogP contribution is 2.34. The van der Waals surface area contributed by atoms with Crippen LogP contribution in [0.1, 0.15) is 19.8 Å². The van der Waals surface area contributed by atoms with Gasteiger partial charge in [-0.05, 0) is 12.5 Å². The number of rotatable bonds is 5. The first-order valence-electron chi connectivity index (χ1n) is 4.94. The molecule has 0 atom stereocenters. The minimum Gasteiger partial charge on any atom is -0.495 e. The topological polar surface area (TPSA) is 44.5 Å². The van der Waals surface area contributed by atoms with Crippen LogP contribution in [0.15, 0.2) is 12.1 Å². The lowest BCUT2D eigenvalue weighted by Crippen LogP contribution is -2.00. The molecular formula is C11H16ClNO2. The van der Waals surface area contributed by atoms with Crippen LogP contribution >= 0.6 is 11.6 Å². The van der Waals surface area contributed by atoms with Gasteiger partial charge in [-0.1, -0.05) is 24.9 Å². The predicted molar refractivity (Wildman–Crippen MR) is 62.8 cm³/mol. The largest absolute Gasteiger partial charge is 0.495 e. The van der Waals surface area contributed by atoms with Crippen molar-refractivity contribution in [3.8, 4) is 11.5 Å². The highest BCUT2D eigenvalue weighted by Gasteiger charge is 2.07. The Morgan fingerprint density at radius 2 is 2.07 bits per heavy atom. The molecule has 0 aliphatic carbocycles. The molecule has 0 amide bonds. The van der Waals surface area contributed by atoms with Crippen LogP contribution in [0.2, 0.25) is 5.02 Å². The lowest BCUT2D eigenvalue weighted by molar-refractivity contribution is 0.308. The summed E-state index contributed by atoms with van der Waals surface area (Å²) in [4.78, 5) is 0. The zero-order chi connectivity index (χ0) is 11.3. The summed E-state index contributed by atoms with van der Waals surface area (Å²) in [6, 6.07) is 3.36. The van der Waals surface area contributed by atoms with Gasteiger partial charge >= 0.3 is 0 Å². The molecule has 0 bridgehead atoms. The van der Waals surface area contributed by atoms with Gasteiger partial charge in [0, 0.05) is 6.07 Å². The number of unbranched alkanes of at least 4 members (excludes halogenated alkanes) is 1. The standard InChI is InChI=1S/C11H16ClNO2/c1-3-4-5-15-11-7-10(14-2)8(12)6-9(11)13/h6-7H,3-5,13H2,1-2H3. The summed E-state index contributed by atoms with van der Waals surface area (Å²) < 4.78 is 10.6. The number of methoxy groups -OCH3 is 1. The van der Waals surface area contributed by atoms with Crippen molar-refractivity contribution in [3.63, 3.8) is 0 Å². The third kappa shape index (κ3) is 3.20. The van der Waals surface area contributed by atoms with Gasteiger partial charge in [0.05, 0.1) is 24.4 Å². The maximum Gasteiger partial charge on any atom is 0.145 e. The number of anilines is 1. The van der Waals surface area contributed by atoms with Crippen molar-refractivity contribution >= 4 is 17.3 Å². The van der Waals surface area contributed by atoms with E-state index < -0.39 is 0 Å². The summed E-state index contributed by atoms with van der Waals surface area (Å²) in [6.07, 6.45) is 2.09. The van der Waals surface area contributed by atoms with Crippen molar-refractivity contribution in [2.75, 3.05) is 19.5 Å². The van der Waals surface area contributed by atoms with E-state index in [0.717, 1.165) is 12.8 Å². The summed E-state index contributed by atoms with van der Waals surface area (Å²) in [5, 5.41) is 0.498. The van der Waals surface area contributed by atoms with Gasteiger partial charge < -0.3 is 15.2 Å². The van der Waals surface area contributed by atoms with Gasteiger partial charge in [0.2, 0.25) is 0 Å². The van der Waals surface area contributed by atoms with Gasteiger partial charge in [-0.3, -0.25) is 0 Å². The Hall–Kier alpha value is -1.09. The molecule has 3 nitrogen and oxygen atoms in total. The van der Waals surface area contributed by atoms with E-state index in [4.69, 9.17) is 26.8 Å². The van der Waals surface area contributed by atoms with Gasteiger partial charge in [0.25, 0.3) is 0 Å². The molecule has 4 heteroatoms. The zero-order valence-corrected chi connectivity index (χ0v) is 9.80. The Kier molecular flexibility index (Phi) is 4.56. The molecule has 0 aliphatic heterocycles. The summed E-state index contributed by atoms with van der Waals surface area (Å²) in [5.41, 5.74) is 6.30. The van der Waals surface area contributed by atoms with E-state index in [1.165, 1.54) is 0 Å². The number of hydrogen-bond acceptors (Lipinski definition) is 3. The average Bonchev–Trinajstić information content (AvgIpc) is 2.21. The molecule has 0 unspecified atom stereocenters. The summed E-state index contributed by atoms with van der Waals surface area (Å²) >= 11 is 5.90. The Balaban J connectivity index is 2.78. The second kappa shape index (κ2) is 5.71. The lowest BCUT2D eigenvalue weighted by atomic mass is 10.2. The van der Waals surface area contributed by atoms with E-state index in [1.54, 1.807) is 19.2 Å². The monoisotopic (exact) mass is 229 g/mol. The minimum atomic E-state index is 0.498. The normalized spacial score (nSPS) is 10.1. The van der Waals surface area contributed by atoms with Crippen molar-refractivity contribution in [2.24, 2.45) is 0 Å². The molecule has 15 heavy (non-hydrogen) atoms. The smallest absolute Gasteiger partial charge is 0.145 e. The Morgan fingerprint density at radius 1 is 1.33 bits per heavy atom. The van der Waals surface area contributed by atoms with Gasteiger partial charge in [-0.2, -0.15) is 0 Å². The summed E-state index contributed by atoms with van der Waals surface area (Å²) in [6.45, 7) is 2.76.